The molecule has 0 amide bonds. The van der Waals surface area contributed by atoms with Gasteiger partial charge < -0.3 is 4.74 Å². The largest absolute Gasteiger partial charge is 0.438 e. The van der Waals surface area contributed by atoms with E-state index in [1.807, 2.05) is 37.3 Å². The molecule has 0 atom stereocenters. The van der Waals surface area contributed by atoms with E-state index in [0.29, 0.717) is 11.8 Å². The van der Waals surface area contributed by atoms with Crippen LogP contribution in [0, 0.1) is 6.92 Å². The molecule has 0 saturated carbocycles. The lowest BCUT2D eigenvalue weighted by Gasteiger charge is -2.10. The molecule has 0 aliphatic heterocycles. The first-order valence-electron chi connectivity index (χ1n) is 6.12. The molecule has 19 heavy (non-hydrogen) atoms. The SMILES string of the molecule is CCc1cc(CCl)cc(Oc2ccc(C)cc2Br)n1. The molecule has 0 fully saturated rings. The minimum atomic E-state index is 0.459. The lowest BCUT2D eigenvalue weighted by atomic mass is 10.2. The van der Waals surface area contributed by atoms with Gasteiger partial charge in [0, 0.05) is 17.6 Å². The number of aryl methyl sites for hydroxylation is 2. The van der Waals surface area contributed by atoms with Crippen molar-refractivity contribution in [1.82, 2.24) is 4.98 Å². The zero-order chi connectivity index (χ0) is 13.8. The topological polar surface area (TPSA) is 22.1 Å². The number of benzene rings is 1. The van der Waals surface area contributed by atoms with Gasteiger partial charge in [0.2, 0.25) is 5.88 Å². The molecule has 0 unspecified atom stereocenters. The number of ether oxygens (including phenoxy) is 1. The average Bonchev–Trinajstić information content (AvgIpc) is 2.41. The molecule has 0 spiro atoms. The second kappa shape index (κ2) is 6.40. The highest BCUT2D eigenvalue weighted by Gasteiger charge is 2.06. The van der Waals surface area contributed by atoms with Crippen molar-refractivity contribution in [3.63, 3.8) is 0 Å². The Kier molecular flexibility index (Phi) is 4.83. The lowest BCUT2D eigenvalue weighted by molar-refractivity contribution is 0.457. The standard InChI is InChI=1S/C15H15BrClNO/c1-3-12-7-11(9-17)8-15(18-12)19-14-5-4-10(2)6-13(14)16/h4-8H,3,9H2,1-2H3. The van der Waals surface area contributed by atoms with Crippen molar-refractivity contribution in [1.29, 1.82) is 0 Å². The average molecular weight is 341 g/mol. The summed E-state index contributed by atoms with van der Waals surface area (Å²) < 4.78 is 6.75. The summed E-state index contributed by atoms with van der Waals surface area (Å²) >= 11 is 9.39. The van der Waals surface area contributed by atoms with Crippen molar-refractivity contribution in [2.75, 3.05) is 0 Å². The Balaban J connectivity index is 2.31. The first kappa shape index (κ1) is 14.4. The van der Waals surface area contributed by atoms with Gasteiger partial charge in [0.1, 0.15) is 5.75 Å². The first-order valence-corrected chi connectivity index (χ1v) is 7.45. The summed E-state index contributed by atoms with van der Waals surface area (Å²) in [4.78, 5) is 4.46. The predicted molar refractivity (Wildman–Crippen MR) is 82.1 cm³/mol. The Labute approximate surface area is 126 Å². The van der Waals surface area contributed by atoms with Crippen LogP contribution >= 0.6 is 27.5 Å². The van der Waals surface area contributed by atoms with Crippen molar-refractivity contribution in [2.24, 2.45) is 0 Å². The van der Waals surface area contributed by atoms with Gasteiger partial charge in [-0.15, -0.1) is 11.6 Å². The fraction of sp³-hybridized carbons (Fsp3) is 0.267. The highest BCUT2D eigenvalue weighted by Crippen LogP contribution is 2.30. The van der Waals surface area contributed by atoms with E-state index < -0.39 is 0 Å². The Morgan fingerprint density at radius 3 is 2.68 bits per heavy atom. The maximum atomic E-state index is 5.89. The molecule has 2 rings (SSSR count). The molecule has 0 radical (unpaired) electrons. The van der Waals surface area contributed by atoms with Gasteiger partial charge in [0.05, 0.1) is 4.47 Å². The lowest BCUT2D eigenvalue weighted by Crippen LogP contribution is -1.95. The summed E-state index contributed by atoms with van der Waals surface area (Å²) in [6, 6.07) is 9.83. The van der Waals surface area contributed by atoms with Crippen LogP contribution in [0.2, 0.25) is 0 Å². The predicted octanol–water partition coefficient (Wildman–Crippen LogP) is 5.25. The number of pyridine rings is 1. The van der Waals surface area contributed by atoms with E-state index in [4.69, 9.17) is 16.3 Å². The molecular weight excluding hydrogens is 326 g/mol. The van der Waals surface area contributed by atoms with Gasteiger partial charge in [0.15, 0.2) is 0 Å². The number of aromatic nitrogens is 1. The number of rotatable bonds is 4. The Bertz CT molecular complexity index is 564. The maximum Gasteiger partial charge on any atom is 0.219 e. The van der Waals surface area contributed by atoms with Gasteiger partial charge in [-0.25, -0.2) is 4.98 Å². The van der Waals surface area contributed by atoms with Crippen LogP contribution in [-0.2, 0) is 12.3 Å². The number of hydrogen-bond acceptors (Lipinski definition) is 2. The Morgan fingerprint density at radius 1 is 1.26 bits per heavy atom. The molecule has 0 bridgehead atoms. The van der Waals surface area contributed by atoms with Crippen LogP contribution in [0.1, 0.15) is 23.7 Å². The molecule has 0 N–H and O–H groups in total. The van der Waals surface area contributed by atoms with Crippen molar-refractivity contribution in [2.45, 2.75) is 26.1 Å². The fourth-order valence-electron chi connectivity index (χ4n) is 1.73. The zero-order valence-electron chi connectivity index (χ0n) is 10.9. The van der Waals surface area contributed by atoms with E-state index in [2.05, 4.69) is 27.8 Å². The minimum Gasteiger partial charge on any atom is -0.438 e. The molecule has 100 valence electrons. The Morgan fingerprint density at radius 2 is 2.05 bits per heavy atom. The third kappa shape index (κ3) is 3.71. The van der Waals surface area contributed by atoms with E-state index >= 15 is 0 Å². The van der Waals surface area contributed by atoms with Crippen LogP contribution < -0.4 is 4.74 Å². The third-order valence-electron chi connectivity index (χ3n) is 2.73. The summed E-state index contributed by atoms with van der Waals surface area (Å²) in [5, 5.41) is 0. The molecule has 1 heterocycles. The molecule has 1 aromatic heterocycles. The monoisotopic (exact) mass is 339 g/mol. The fourth-order valence-corrected chi connectivity index (χ4v) is 2.46. The van der Waals surface area contributed by atoms with Crippen molar-refractivity contribution < 1.29 is 4.74 Å². The molecular formula is C15H15BrClNO. The van der Waals surface area contributed by atoms with Gasteiger partial charge >= 0.3 is 0 Å². The molecule has 0 saturated heterocycles. The highest BCUT2D eigenvalue weighted by atomic mass is 79.9. The third-order valence-corrected chi connectivity index (χ3v) is 3.66. The molecule has 2 aromatic rings. The summed E-state index contributed by atoms with van der Waals surface area (Å²) in [7, 11) is 0. The van der Waals surface area contributed by atoms with E-state index in [1.165, 1.54) is 5.56 Å². The Hall–Kier alpha value is -1.06. The van der Waals surface area contributed by atoms with Gasteiger partial charge in [0.25, 0.3) is 0 Å². The molecule has 4 heteroatoms. The number of alkyl halides is 1. The maximum absolute atomic E-state index is 5.89. The molecule has 0 aliphatic rings. The van der Waals surface area contributed by atoms with E-state index in [-0.39, 0.29) is 0 Å². The molecule has 1 aromatic carbocycles. The van der Waals surface area contributed by atoms with Crippen molar-refractivity contribution in [3.8, 4) is 11.6 Å². The van der Waals surface area contributed by atoms with Crippen molar-refractivity contribution in [3.05, 3.63) is 51.6 Å². The number of halogens is 2. The summed E-state index contributed by atoms with van der Waals surface area (Å²) in [5.41, 5.74) is 3.18. The molecule has 0 aliphatic carbocycles. The van der Waals surface area contributed by atoms with Crippen molar-refractivity contribution >= 4 is 27.5 Å². The second-order valence-corrected chi connectivity index (χ2v) is 5.45. The van der Waals surface area contributed by atoms with Gasteiger partial charge in [-0.05, 0) is 58.6 Å². The van der Waals surface area contributed by atoms with Crippen LogP contribution in [0.4, 0.5) is 0 Å². The van der Waals surface area contributed by atoms with Crippen LogP contribution in [0.3, 0.4) is 0 Å². The number of nitrogens with zero attached hydrogens (tertiary/aromatic N) is 1. The van der Waals surface area contributed by atoms with Crippen LogP contribution in [-0.4, -0.2) is 4.98 Å². The second-order valence-electron chi connectivity index (χ2n) is 4.33. The first-order chi connectivity index (χ1) is 9.12. The molecule has 2 nitrogen and oxygen atoms in total. The number of hydrogen-bond donors (Lipinski definition) is 0. The van der Waals surface area contributed by atoms with E-state index in [9.17, 15) is 0 Å². The van der Waals surface area contributed by atoms with Gasteiger partial charge in [-0.1, -0.05) is 13.0 Å². The quantitative estimate of drug-likeness (QED) is 0.710. The van der Waals surface area contributed by atoms with E-state index in [1.54, 1.807) is 0 Å². The highest BCUT2D eigenvalue weighted by molar-refractivity contribution is 9.10. The smallest absolute Gasteiger partial charge is 0.219 e. The van der Waals surface area contributed by atoms with E-state index in [0.717, 1.165) is 27.9 Å². The summed E-state index contributed by atoms with van der Waals surface area (Å²) in [6.07, 6.45) is 0.857. The normalized spacial score (nSPS) is 10.5. The van der Waals surface area contributed by atoms with Crippen LogP contribution in [0.25, 0.3) is 0 Å². The van der Waals surface area contributed by atoms with Gasteiger partial charge in [-0.2, -0.15) is 0 Å². The minimum absolute atomic E-state index is 0.459. The van der Waals surface area contributed by atoms with Crippen LogP contribution in [0.5, 0.6) is 11.6 Å². The van der Waals surface area contributed by atoms with Crippen LogP contribution in [0.15, 0.2) is 34.8 Å². The van der Waals surface area contributed by atoms with Gasteiger partial charge in [-0.3, -0.25) is 0 Å². The zero-order valence-corrected chi connectivity index (χ0v) is 13.3. The summed E-state index contributed by atoms with van der Waals surface area (Å²) in [6.45, 7) is 4.10. The summed E-state index contributed by atoms with van der Waals surface area (Å²) in [5.74, 6) is 1.80.